The second-order valence-corrected chi connectivity index (χ2v) is 6.93. The Bertz CT molecular complexity index is 1060. The lowest BCUT2D eigenvalue weighted by Gasteiger charge is -2.09. The number of rotatable bonds is 4. The highest BCUT2D eigenvalue weighted by atomic mass is 32.2. The molecule has 0 atom stereocenters. The van der Waals surface area contributed by atoms with Gasteiger partial charge in [0.25, 0.3) is 5.91 Å². The molecule has 0 saturated carbocycles. The van der Waals surface area contributed by atoms with Crippen molar-refractivity contribution in [1.29, 1.82) is 0 Å². The molecule has 0 radical (unpaired) electrons. The first-order valence-electron chi connectivity index (χ1n) is 8.44. The Balaban J connectivity index is 1.80. The maximum atomic E-state index is 12.8. The van der Waals surface area contributed by atoms with E-state index < -0.39 is 23.6 Å². The molecule has 1 aliphatic heterocycles. The molecule has 0 aliphatic carbocycles. The van der Waals surface area contributed by atoms with Crippen molar-refractivity contribution in [2.75, 3.05) is 7.11 Å². The lowest BCUT2D eigenvalue weighted by Crippen LogP contribution is -2.19. The van der Waals surface area contributed by atoms with Crippen molar-refractivity contribution in [2.24, 2.45) is 10.2 Å². The molecule has 30 heavy (non-hydrogen) atoms. The number of esters is 1. The quantitative estimate of drug-likeness (QED) is 0.342. The van der Waals surface area contributed by atoms with Gasteiger partial charge in [0, 0.05) is 11.6 Å². The molecule has 10 heteroatoms. The van der Waals surface area contributed by atoms with Crippen LogP contribution >= 0.6 is 11.8 Å². The van der Waals surface area contributed by atoms with Crippen molar-refractivity contribution in [3.05, 3.63) is 70.6 Å². The molecule has 154 valence electrons. The lowest BCUT2D eigenvalue weighted by atomic mass is 9.99. The van der Waals surface area contributed by atoms with E-state index in [2.05, 4.69) is 20.3 Å². The second kappa shape index (κ2) is 8.95. The third-order valence-electron chi connectivity index (χ3n) is 3.93. The zero-order chi connectivity index (χ0) is 21.7. The van der Waals surface area contributed by atoms with E-state index in [4.69, 9.17) is 0 Å². The van der Waals surface area contributed by atoms with Crippen LogP contribution in [0.15, 0.2) is 69.7 Å². The highest BCUT2D eigenvalue weighted by Gasteiger charge is 2.30. The van der Waals surface area contributed by atoms with Crippen molar-refractivity contribution in [3.8, 4) is 11.1 Å². The molecule has 2 aromatic carbocycles. The molecule has 1 amide bonds. The number of thioether (sulfide) groups is 1. The van der Waals surface area contributed by atoms with Crippen LogP contribution in [0.25, 0.3) is 11.1 Å². The average Bonchev–Trinajstić information content (AvgIpc) is 3.06. The van der Waals surface area contributed by atoms with Gasteiger partial charge in [0.05, 0.1) is 23.8 Å². The molecule has 6 nitrogen and oxygen atoms in total. The van der Waals surface area contributed by atoms with Crippen molar-refractivity contribution in [2.45, 2.75) is 6.18 Å². The molecular weight excluding hydrogens is 419 g/mol. The molecule has 1 fully saturated rings. The molecule has 0 aromatic heterocycles. The van der Waals surface area contributed by atoms with E-state index in [0.29, 0.717) is 16.7 Å². The monoisotopic (exact) mass is 433 g/mol. The summed E-state index contributed by atoms with van der Waals surface area (Å²) in [6.45, 7) is 0. The number of carbonyl (C=O) groups excluding carboxylic acids is 2. The summed E-state index contributed by atoms with van der Waals surface area (Å²) in [7, 11) is 1.20. The van der Waals surface area contributed by atoms with Gasteiger partial charge >= 0.3 is 12.1 Å². The number of halogens is 3. The predicted octanol–water partition coefficient (Wildman–Crippen LogP) is 3.98. The highest BCUT2D eigenvalue weighted by molar-refractivity contribution is 8.18. The number of ether oxygens (including phenoxy) is 1. The topological polar surface area (TPSA) is 80.1 Å². The third kappa shape index (κ3) is 5.15. The van der Waals surface area contributed by atoms with Gasteiger partial charge in [0.15, 0.2) is 5.17 Å². The Morgan fingerprint density at radius 2 is 1.83 bits per heavy atom. The van der Waals surface area contributed by atoms with Crippen molar-refractivity contribution in [1.82, 2.24) is 5.32 Å². The number of alkyl halides is 3. The second-order valence-electron chi connectivity index (χ2n) is 5.90. The maximum Gasteiger partial charge on any atom is 0.416 e. The molecule has 0 bridgehead atoms. The van der Waals surface area contributed by atoms with E-state index in [1.807, 2.05) is 0 Å². The van der Waals surface area contributed by atoms with Crippen LogP contribution in [-0.2, 0) is 20.5 Å². The number of hydrogen-bond donors (Lipinski definition) is 1. The number of benzene rings is 2. The van der Waals surface area contributed by atoms with Gasteiger partial charge < -0.3 is 4.74 Å². The zero-order valence-corrected chi connectivity index (χ0v) is 16.3. The molecule has 1 N–H and O–H groups in total. The summed E-state index contributed by atoms with van der Waals surface area (Å²) in [4.78, 5) is 23.2. The number of nitrogens with one attached hydrogen (secondary N) is 1. The molecule has 1 aliphatic rings. The van der Waals surface area contributed by atoms with E-state index in [-0.39, 0.29) is 10.1 Å². The van der Waals surface area contributed by atoms with Crippen LogP contribution in [-0.4, -0.2) is 30.4 Å². The summed E-state index contributed by atoms with van der Waals surface area (Å²) in [5.41, 5.74) is 1.16. The molecular formula is C20H14F3N3O3S. The molecule has 1 heterocycles. The summed E-state index contributed by atoms with van der Waals surface area (Å²) in [5.74, 6) is -1.16. The minimum Gasteiger partial charge on any atom is -0.466 e. The van der Waals surface area contributed by atoms with Gasteiger partial charge in [0.2, 0.25) is 0 Å². The van der Waals surface area contributed by atoms with Crippen LogP contribution in [0.1, 0.15) is 11.1 Å². The number of nitrogens with zero attached hydrogens (tertiary/aromatic N) is 2. The van der Waals surface area contributed by atoms with E-state index in [0.717, 1.165) is 30.0 Å². The Morgan fingerprint density at radius 3 is 2.50 bits per heavy atom. The maximum absolute atomic E-state index is 12.8. The normalized spacial score (nSPS) is 17.0. The van der Waals surface area contributed by atoms with Crippen molar-refractivity contribution < 1.29 is 27.5 Å². The first-order valence-corrected chi connectivity index (χ1v) is 9.26. The van der Waals surface area contributed by atoms with Gasteiger partial charge in [0.1, 0.15) is 0 Å². The number of hydrogen-bond acceptors (Lipinski definition) is 6. The van der Waals surface area contributed by atoms with Gasteiger partial charge in [-0.2, -0.15) is 18.3 Å². The van der Waals surface area contributed by atoms with E-state index in [1.54, 1.807) is 24.3 Å². The van der Waals surface area contributed by atoms with E-state index in [9.17, 15) is 22.8 Å². The van der Waals surface area contributed by atoms with Gasteiger partial charge in [-0.1, -0.05) is 36.4 Å². The Labute approximate surface area is 173 Å². The van der Waals surface area contributed by atoms with Crippen LogP contribution in [0.5, 0.6) is 0 Å². The van der Waals surface area contributed by atoms with Gasteiger partial charge in [-0.05, 0) is 35.0 Å². The van der Waals surface area contributed by atoms with Crippen LogP contribution in [0, 0.1) is 0 Å². The Hall–Kier alpha value is -3.40. The van der Waals surface area contributed by atoms with Crippen molar-refractivity contribution in [3.63, 3.8) is 0 Å². The van der Waals surface area contributed by atoms with Gasteiger partial charge in [-0.25, -0.2) is 4.79 Å². The minimum absolute atomic E-state index is 0.126. The summed E-state index contributed by atoms with van der Waals surface area (Å²) in [5, 5.41) is 10.5. The highest BCUT2D eigenvalue weighted by Crippen LogP contribution is 2.31. The fourth-order valence-corrected chi connectivity index (χ4v) is 3.23. The fraction of sp³-hybridized carbons (Fsp3) is 0.100. The third-order valence-corrected chi connectivity index (χ3v) is 4.83. The number of amidine groups is 1. The van der Waals surface area contributed by atoms with Gasteiger partial charge in [-0.15, -0.1) is 5.10 Å². The molecule has 3 rings (SSSR count). The van der Waals surface area contributed by atoms with Crippen molar-refractivity contribution >= 4 is 35.0 Å². The largest absolute Gasteiger partial charge is 0.466 e. The van der Waals surface area contributed by atoms with E-state index >= 15 is 0 Å². The van der Waals surface area contributed by atoms with Crippen LogP contribution < -0.4 is 5.32 Å². The lowest BCUT2D eigenvalue weighted by molar-refractivity contribution is -0.137. The van der Waals surface area contributed by atoms with Crippen LogP contribution in [0.2, 0.25) is 0 Å². The fourth-order valence-electron chi connectivity index (χ4n) is 2.50. The average molecular weight is 433 g/mol. The molecule has 0 unspecified atom stereocenters. The smallest absolute Gasteiger partial charge is 0.416 e. The Kier molecular flexibility index (Phi) is 6.36. The number of methoxy groups -OCH3 is 1. The number of amides is 1. The SMILES string of the molecule is COC(=O)/C=C1/S/C(=N\N=Cc2ccccc2-c2ccc(C(F)(F)F)cc2)NC1=O. The van der Waals surface area contributed by atoms with E-state index in [1.165, 1.54) is 25.5 Å². The Morgan fingerprint density at radius 1 is 1.13 bits per heavy atom. The standard InChI is InChI=1S/C20H14F3N3O3S/c1-29-17(27)10-16-18(28)25-19(30-16)26-24-11-13-4-2-3-5-15(13)12-6-8-14(9-7-12)20(21,22)23/h2-11H,1H3,(H,25,26,28)/b16-10+,24-11?. The first kappa shape index (κ1) is 21.3. The van der Waals surface area contributed by atoms with Crippen LogP contribution in [0.3, 0.4) is 0 Å². The first-order chi connectivity index (χ1) is 14.3. The minimum atomic E-state index is -4.40. The van der Waals surface area contributed by atoms with Gasteiger partial charge in [-0.3, -0.25) is 10.1 Å². The summed E-state index contributed by atoms with van der Waals surface area (Å²) in [6.07, 6.45) is -1.93. The molecule has 0 spiro atoms. The molecule has 1 saturated heterocycles. The summed E-state index contributed by atoms with van der Waals surface area (Å²) < 4.78 is 42.8. The number of carbonyl (C=O) groups is 2. The predicted molar refractivity (Wildman–Crippen MR) is 108 cm³/mol. The zero-order valence-electron chi connectivity index (χ0n) is 15.4. The summed E-state index contributed by atoms with van der Waals surface area (Å²) in [6, 6.07) is 11.8. The van der Waals surface area contributed by atoms with Crippen LogP contribution in [0.4, 0.5) is 13.2 Å². The summed E-state index contributed by atoms with van der Waals surface area (Å²) >= 11 is 0.931. The molecule has 2 aromatic rings.